The van der Waals surface area contributed by atoms with Gasteiger partial charge in [-0.2, -0.15) is 4.98 Å². The van der Waals surface area contributed by atoms with Gasteiger partial charge in [0.15, 0.2) is 5.82 Å². The van der Waals surface area contributed by atoms with Crippen molar-refractivity contribution in [1.29, 1.82) is 0 Å². The van der Waals surface area contributed by atoms with Gasteiger partial charge in [0.2, 0.25) is 0 Å². The second kappa shape index (κ2) is 5.93. The van der Waals surface area contributed by atoms with E-state index >= 15 is 0 Å². The van der Waals surface area contributed by atoms with Crippen molar-refractivity contribution in [3.8, 4) is 23.0 Å². The van der Waals surface area contributed by atoms with Gasteiger partial charge in [-0.05, 0) is 18.6 Å². The Hall–Kier alpha value is -1.75. The summed E-state index contributed by atoms with van der Waals surface area (Å²) >= 11 is 6.09. The maximum atomic E-state index is 6.09. The molecule has 0 fully saturated rings. The molecule has 19 heavy (non-hydrogen) atoms. The molecule has 102 valence electrons. The number of methoxy groups -OCH3 is 2. The van der Waals surface area contributed by atoms with Crippen molar-refractivity contribution in [1.82, 2.24) is 10.1 Å². The van der Waals surface area contributed by atoms with Crippen LogP contribution in [0.2, 0.25) is 0 Å². The third-order valence-corrected chi connectivity index (χ3v) is 3.23. The molecule has 0 amide bonds. The van der Waals surface area contributed by atoms with Gasteiger partial charge in [-0.25, -0.2) is 0 Å². The number of hydrogen-bond donors (Lipinski definition) is 0. The van der Waals surface area contributed by atoms with Crippen LogP contribution in [0, 0.1) is 0 Å². The normalized spacial score (nSPS) is 12.2. The minimum absolute atomic E-state index is 0.266. The lowest BCUT2D eigenvalue weighted by Gasteiger charge is -2.09. The molecule has 0 saturated heterocycles. The first-order valence-electron chi connectivity index (χ1n) is 5.90. The predicted molar refractivity (Wildman–Crippen MR) is 71.7 cm³/mol. The van der Waals surface area contributed by atoms with Crippen LogP contribution in [-0.2, 0) is 0 Å². The molecule has 0 spiro atoms. The van der Waals surface area contributed by atoms with Gasteiger partial charge in [-0.15, -0.1) is 11.6 Å². The molecule has 0 aliphatic rings. The number of hydrogen-bond acceptors (Lipinski definition) is 5. The number of benzene rings is 1. The Morgan fingerprint density at radius 2 is 1.89 bits per heavy atom. The average Bonchev–Trinajstić information content (AvgIpc) is 2.94. The molecular weight excluding hydrogens is 268 g/mol. The summed E-state index contributed by atoms with van der Waals surface area (Å²) in [5.74, 6) is 2.02. The third kappa shape index (κ3) is 2.66. The highest BCUT2D eigenvalue weighted by Gasteiger charge is 2.21. The van der Waals surface area contributed by atoms with E-state index in [-0.39, 0.29) is 5.38 Å². The van der Waals surface area contributed by atoms with Crippen LogP contribution >= 0.6 is 11.6 Å². The van der Waals surface area contributed by atoms with E-state index in [1.807, 2.05) is 13.0 Å². The molecule has 1 aromatic carbocycles. The molecule has 1 aromatic heterocycles. The zero-order valence-corrected chi connectivity index (χ0v) is 11.8. The third-order valence-electron chi connectivity index (χ3n) is 2.72. The number of alkyl halides is 1. The smallest absolute Gasteiger partial charge is 0.265 e. The lowest BCUT2D eigenvalue weighted by atomic mass is 10.1. The summed E-state index contributed by atoms with van der Waals surface area (Å²) in [5, 5.41) is 3.62. The molecular formula is C13H15ClN2O3. The first-order chi connectivity index (χ1) is 9.21. The van der Waals surface area contributed by atoms with E-state index in [4.69, 9.17) is 25.6 Å². The lowest BCUT2D eigenvalue weighted by Crippen LogP contribution is -1.94. The standard InChI is InChI=1S/C13H15ClN2O3/c1-4-8(14)12-15-13(19-16-12)11-9(17-2)6-5-7-10(11)18-3/h5-8H,4H2,1-3H3. The Labute approximate surface area is 116 Å². The Balaban J connectivity index is 2.48. The van der Waals surface area contributed by atoms with E-state index < -0.39 is 0 Å². The highest BCUT2D eigenvalue weighted by atomic mass is 35.5. The fourth-order valence-electron chi connectivity index (χ4n) is 1.71. The van der Waals surface area contributed by atoms with E-state index in [0.29, 0.717) is 28.8 Å². The summed E-state index contributed by atoms with van der Waals surface area (Å²) in [6, 6.07) is 5.44. The first kappa shape index (κ1) is 13.7. The molecule has 0 saturated carbocycles. The lowest BCUT2D eigenvalue weighted by molar-refractivity contribution is 0.384. The van der Waals surface area contributed by atoms with Crippen molar-refractivity contribution in [3.63, 3.8) is 0 Å². The van der Waals surface area contributed by atoms with E-state index in [0.717, 1.165) is 6.42 Å². The molecule has 0 radical (unpaired) electrons. The minimum atomic E-state index is -0.266. The van der Waals surface area contributed by atoms with E-state index in [2.05, 4.69) is 10.1 Å². The molecule has 0 bridgehead atoms. The summed E-state index contributed by atoms with van der Waals surface area (Å²) in [6.45, 7) is 1.96. The van der Waals surface area contributed by atoms with Crippen LogP contribution in [0.15, 0.2) is 22.7 Å². The number of aromatic nitrogens is 2. The highest BCUT2D eigenvalue weighted by molar-refractivity contribution is 6.20. The van der Waals surface area contributed by atoms with Gasteiger partial charge in [0, 0.05) is 0 Å². The van der Waals surface area contributed by atoms with Crippen molar-refractivity contribution in [2.75, 3.05) is 14.2 Å². The molecule has 5 nitrogen and oxygen atoms in total. The Kier molecular flexibility index (Phi) is 4.27. The zero-order chi connectivity index (χ0) is 13.8. The Morgan fingerprint density at radius 1 is 1.26 bits per heavy atom. The maximum Gasteiger partial charge on any atom is 0.265 e. The minimum Gasteiger partial charge on any atom is -0.496 e. The molecule has 1 atom stereocenters. The van der Waals surface area contributed by atoms with Crippen LogP contribution in [-0.4, -0.2) is 24.4 Å². The second-order valence-electron chi connectivity index (χ2n) is 3.87. The summed E-state index contributed by atoms with van der Waals surface area (Å²) < 4.78 is 15.8. The monoisotopic (exact) mass is 282 g/mol. The Morgan fingerprint density at radius 3 is 2.42 bits per heavy atom. The molecule has 0 N–H and O–H groups in total. The number of halogens is 1. The highest BCUT2D eigenvalue weighted by Crippen LogP contribution is 2.37. The summed E-state index contributed by atoms with van der Waals surface area (Å²) in [7, 11) is 3.15. The zero-order valence-electron chi connectivity index (χ0n) is 11.0. The van der Waals surface area contributed by atoms with Crippen LogP contribution in [0.5, 0.6) is 11.5 Å². The number of ether oxygens (including phenoxy) is 2. The predicted octanol–water partition coefficient (Wildman–Crippen LogP) is 3.44. The van der Waals surface area contributed by atoms with Gasteiger partial charge < -0.3 is 14.0 Å². The summed E-state index contributed by atoms with van der Waals surface area (Å²) in [6.07, 6.45) is 0.726. The van der Waals surface area contributed by atoms with Gasteiger partial charge in [-0.1, -0.05) is 18.1 Å². The largest absolute Gasteiger partial charge is 0.496 e. The topological polar surface area (TPSA) is 57.4 Å². The van der Waals surface area contributed by atoms with E-state index in [1.165, 1.54) is 0 Å². The molecule has 1 heterocycles. The average molecular weight is 283 g/mol. The van der Waals surface area contributed by atoms with Crippen molar-refractivity contribution in [2.24, 2.45) is 0 Å². The molecule has 0 aliphatic carbocycles. The van der Waals surface area contributed by atoms with Crippen LogP contribution in [0.1, 0.15) is 24.5 Å². The van der Waals surface area contributed by atoms with Crippen molar-refractivity contribution in [2.45, 2.75) is 18.7 Å². The number of nitrogens with zero attached hydrogens (tertiary/aromatic N) is 2. The molecule has 6 heteroatoms. The van der Waals surface area contributed by atoms with Crippen molar-refractivity contribution < 1.29 is 14.0 Å². The van der Waals surface area contributed by atoms with Gasteiger partial charge in [-0.3, -0.25) is 0 Å². The second-order valence-corrected chi connectivity index (χ2v) is 4.40. The molecule has 0 aliphatic heterocycles. The van der Waals surface area contributed by atoms with E-state index in [1.54, 1.807) is 26.4 Å². The number of rotatable bonds is 5. The summed E-state index contributed by atoms with van der Waals surface area (Å²) in [4.78, 5) is 4.30. The quantitative estimate of drug-likeness (QED) is 0.786. The fraction of sp³-hybridized carbons (Fsp3) is 0.385. The van der Waals surface area contributed by atoms with Gasteiger partial charge >= 0.3 is 0 Å². The fourth-order valence-corrected chi connectivity index (χ4v) is 1.80. The SMILES string of the molecule is CCC(Cl)c1noc(-c2c(OC)cccc2OC)n1. The van der Waals surface area contributed by atoms with Crippen molar-refractivity contribution in [3.05, 3.63) is 24.0 Å². The molecule has 2 rings (SSSR count). The van der Waals surface area contributed by atoms with Crippen LogP contribution < -0.4 is 9.47 Å². The molecule has 1 unspecified atom stereocenters. The van der Waals surface area contributed by atoms with Gasteiger partial charge in [0.25, 0.3) is 5.89 Å². The van der Waals surface area contributed by atoms with Gasteiger partial charge in [0.05, 0.1) is 19.6 Å². The summed E-state index contributed by atoms with van der Waals surface area (Å²) in [5.41, 5.74) is 0.631. The first-order valence-corrected chi connectivity index (χ1v) is 6.33. The van der Waals surface area contributed by atoms with Gasteiger partial charge in [0.1, 0.15) is 17.1 Å². The van der Waals surface area contributed by atoms with Crippen LogP contribution in [0.25, 0.3) is 11.5 Å². The van der Waals surface area contributed by atoms with Crippen LogP contribution in [0.3, 0.4) is 0 Å². The molecule has 2 aromatic rings. The van der Waals surface area contributed by atoms with Crippen LogP contribution in [0.4, 0.5) is 0 Å². The Bertz CT molecular complexity index is 534. The van der Waals surface area contributed by atoms with Crippen molar-refractivity contribution >= 4 is 11.6 Å². The van der Waals surface area contributed by atoms with E-state index in [9.17, 15) is 0 Å². The maximum absolute atomic E-state index is 6.09.